The summed E-state index contributed by atoms with van der Waals surface area (Å²) in [4.78, 5) is 9.56. The van der Waals surface area contributed by atoms with Crippen LogP contribution in [0.15, 0.2) is 17.5 Å². The first kappa shape index (κ1) is 18.0. The van der Waals surface area contributed by atoms with E-state index < -0.39 is 0 Å². The highest BCUT2D eigenvalue weighted by atomic mass is 32.1. The van der Waals surface area contributed by atoms with E-state index in [9.17, 15) is 0 Å². The van der Waals surface area contributed by atoms with Crippen molar-refractivity contribution in [2.75, 3.05) is 25.0 Å². The minimum atomic E-state index is -0.0877. The third-order valence-electron chi connectivity index (χ3n) is 5.64. The van der Waals surface area contributed by atoms with E-state index in [-0.39, 0.29) is 5.41 Å². The predicted octanol–water partition coefficient (Wildman–Crippen LogP) is 3.08. The Morgan fingerprint density at radius 2 is 1.96 bits per heavy atom. The first-order chi connectivity index (χ1) is 13.4. The van der Waals surface area contributed by atoms with E-state index in [1.54, 1.807) is 0 Å². The van der Waals surface area contributed by atoms with Crippen molar-refractivity contribution in [3.63, 3.8) is 0 Å². The first-order valence-electron chi connectivity index (χ1n) is 10.0. The van der Waals surface area contributed by atoms with Crippen LogP contribution < -0.4 is 4.90 Å². The Labute approximate surface area is 169 Å². The Morgan fingerprint density at radius 1 is 1.18 bits per heavy atom. The van der Waals surface area contributed by atoms with E-state index in [4.69, 9.17) is 10.1 Å². The smallest absolute Gasteiger partial charge is 0.178 e. The van der Waals surface area contributed by atoms with Crippen LogP contribution in [0.3, 0.4) is 0 Å². The van der Waals surface area contributed by atoms with Gasteiger partial charge in [-0.25, -0.2) is 4.98 Å². The number of aromatic nitrogens is 5. The number of rotatable bonds is 5. The zero-order valence-electron chi connectivity index (χ0n) is 17.0. The number of likely N-dealkylation sites (N-methyl/N-ethyl adjacent to an activating group) is 1. The zero-order valence-corrected chi connectivity index (χ0v) is 17.8. The van der Waals surface area contributed by atoms with Gasteiger partial charge in [-0.15, -0.1) is 26.6 Å². The molecule has 28 heavy (non-hydrogen) atoms. The van der Waals surface area contributed by atoms with Gasteiger partial charge in [-0.05, 0) is 32.0 Å². The fraction of sp³-hybridized carbons (Fsp3) is 0.600. The van der Waals surface area contributed by atoms with Gasteiger partial charge >= 0.3 is 0 Å². The molecule has 8 heteroatoms. The number of hydrogen-bond acceptors (Lipinski definition) is 7. The summed E-state index contributed by atoms with van der Waals surface area (Å²) in [5, 5.41) is 17.0. The monoisotopic (exact) mass is 397 g/mol. The maximum absolute atomic E-state index is 4.82. The average Bonchev–Trinajstić information content (AvgIpc) is 3.18. The number of thiazole rings is 1. The Bertz CT molecular complexity index is 992. The molecule has 1 saturated heterocycles. The van der Waals surface area contributed by atoms with Crippen LogP contribution in [0.25, 0.3) is 5.65 Å². The molecule has 1 aliphatic carbocycles. The van der Waals surface area contributed by atoms with Crippen LogP contribution in [0, 0.1) is 0 Å². The molecule has 0 unspecified atom stereocenters. The quantitative estimate of drug-likeness (QED) is 0.659. The van der Waals surface area contributed by atoms with Crippen LogP contribution in [-0.4, -0.2) is 55.9 Å². The van der Waals surface area contributed by atoms with Gasteiger partial charge in [0, 0.05) is 42.4 Å². The van der Waals surface area contributed by atoms with E-state index >= 15 is 0 Å². The lowest BCUT2D eigenvalue weighted by atomic mass is 9.96. The highest BCUT2D eigenvalue weighted by molar-refractivity contribution is 7.09. The highest BCUT2D eigenvalue weighted by Gasteiger charge is 2.32. The van der Waals surface area contributed by atoms with Crippen LogP contribution in [0.5, 0.6) is 0 Å². The lowest BCUT2D eigenvalue weighted by Gasteiger charge is -2.44. The van der Waals surface area contributed by atoms with E-state index in [1.807, 2.05) is 21.9 Å². The van der Waals surface area contributed by atoms with Gasteiger partial charge in [0.15, 0.2) is 11.5 Å². The lowest BCUT2D eigenvalue weighted by molar-refractivity contribution is 0.195. The van der Waals surface area contributed by atoms with Crippen molar-refractivity contribution < 1.29 is 0 Å². The second kappa shape index (κ2) is 6.49. The molecule has 7 nitrogen and oxygen atoms in total. The topological polar surface area (TPSA) is 62.5 Å². The van der Waals surface area contributed by atoms with Crippen molar-refractivity contribution in [1.82, 2.24) is 29.7 Å². The number of nitrogens with zero attached hydrogens (tertiary/aromatic N) is 7. The molecule has 2 aliphatic rings. The normalized spacial score (nSPS) is 18.2. The molecular formula is C20H27N7S. The molecule has 2 fully saturated rings. The third kappa shape index (κ3) is 3.28. The summed E-state index contributed by atoms with van der Waals surface area (Å²) in [5.41, 5.74) is 1.93. The largest absolute Gasteiger partial charge is 0.352 e. The fourth-order valence-corrected chi connectivity index (χ4v) is 4.62. The maximum Gasteiger partial charge on any atom is 0.178 e. The summed E-state index contributed by atoms with van der Waals surface area (Å²) < 4.78 is 1.89. The predicted molar refractivity (Wildman–Crippen MR) is 111 cm³/mol. The van der Waals surface area contributed by atoms with Crippen LogP contribution >= 0.6 is 11.3 Å². The molecular weight excluding hydrogens is 370 g/mol. The summed E-state index contributed by atoms with van der Waals surface area (Å²) in [5.74, 6) is 2.64. The van der Waals surface area contributed by atoms with Gasteiger partial charge in [0.25, 0.3) is 0 Å². The molecule has 4 heterocycles. The zero-order chi connectivity index (χ0) is 19.5. The maximum atomic E-state index is 4.82. The molecule has 0 amide bonds. The van der Waals surface area contributed by atoms with Crippen LogP contribution in [-0.2, 0) is 12.0 Å². The minimum absolute atomic E-state index is 0.0877. The fourth-order valence-electron chi connectivity index (χ4n) is 3.63. The van der Waals surface area contributed by atoms with Gasteiger partial charge < -0.3 is 4.90 Å². The van der Waals surface area contributed by atoms with Crippen molar-refractivity contribution in [1.29, 1.82) is 0 Å². The second-order valence-corrected chi connectivity index (χ2v) is 10.1. The second-order valence-electron chi connectivity index (χ2n) is 9.16. The molecule has 0 aromatic carbocycles. The molecule has 1 saturated carbocycles. The molecule has 3 aromatic rings. The summed E-state index contributed by atoms with van der Waals surface area (Å²) in [6.07, 6.45) is 2.64. The van der Waals surface area contributed by atoms with Crippen molar-refractivity contribution in [2.24, 2.45) is 0 Å². The molecule has 5 rings (SSSR count). The molecule has 0 atom stereocenters. The van der Waals surface area contributed by atoms with Gasteiger partial charge in [0.05, 0.1) is 10.7 Å². The van der Waals surface area contributed by atoms with Gasteiger partial charge in [0.2, 0.25) is 0 Å². The summed E-state index contributed by atoms with van der Waals surface area (Å²) in [6, 6.07) is 4.59. The summed E-state index contributed by atoms with van der Waals surface area (Å²) in [6.45, 7) is 9.32. The lowest BCUT2D eigenvalue weighted by Crippen LogP contribution is -2.58. The third-order valence-corrected chi connectivity index (χ3v) is 6.69. The summed E-state index contributed by atoms with van der Waals surface area (Å²) >= 11 is 1.83. The Balaban J connectivity index is 1.24. The SMILES string of the molecule is CN(Cc1csc(C2CC2)n1)C1CN(c2ccc3nnc(C(C)(C)C)n3n2)C1. The van der Waals surface area contributed by atoms with Crippen LogP contribution in [0.1, 0.15) is 56.1 Å². The van der Waals surface area contributed by atoms with Crippen molar-refractivity contribution in [2.45, 2.75) is 57.5 Å². The van der Waals surface area contributed by atoms with Crippen molar-refractivity contribution in [3.8, 4) is 0 Å². The number of fused-ring (bicyclic) bond motifs is 1. The number of hydrogen-bond donors (Lipinski definition) is 0. The highest BCUT2D eigenvalue weighted by Crippen LogP contribution is 2.41. The van der Waals surface area contributed by atoms with Crippen LogP contribution in [0.4, 0.5) is 5.82 Å². The average molecular weight is 398 g/mol. The molecule has 148 valence electrons. The standard InChI is InChI=1S/C20H27N7S/c1-20(2,3)19-23-22-16-7-8-17(24-27(16)19)26-10-15(11-26)25(4)9-14-12-28-18(21-14)13-5-6-13/h7-8,12-13,15H,5-6,9-11H2,1-4H3. The van der Waals surface area contributed by atoms with Gasteiger partial charge in [-0.1, -0.05) is 20.8 Å². The Hall–Kier alpha value is -2.06. The molecule has 1 aliphatic heterocycles. The number of anilines is 1. The molecule has 3 aromatic heterocycles. The van der Waals surface area contributed by atoms with E-state index in [0.29, 0.717) is 6.04 Å². The van der Waals surface area contributed by atoms with Crippen LogP contribution in [0.2, 0.25) is 0 Å². The molecule has 0 bridgehead atoms. The van der Waals surface area contributed by atoms with Crippen molar-refractivity contribution in [3.05, 3.63) is 34.0 Å². The van der Waals surface area contributed by atoms with Gasteiger partial charge in [0.1, 0.15) is 5.82 Å². The molecule has 0 radical (unpaired) electrons. The van der Waals surface area contributed by atoms with Crippen molar-refractivity contribution >= 4 is 22.8 Å². The minimum Gasteiger partial charge on any atom is -0.352 e. The Morgan fingerprint density at radius 3 is 2.68 bits per heavy atom. The summed E-state index contributed by atoms with van der Waals surface area (Å²) in [7, 11) is 2.20. The van der Waals surface area contributed by atoms with E-state index in [1.165, 1.54) is 23.5 Å². The molecule has 0 N–H and O–H groups in total. The first-order valence-corrected chi connectivity index (χ1v) is 10.9. The van der Waals surface area contributed by atoms with E-state index in [0.717, 1.165) is 42.8 Å². The van der Waals surface area contributed by atoms with Gasteiger partial charge in [-0.2, -0.15) is 4.52 Å². The molecule has 0 spiro atoms. The Kier molecular flexibility index (Phi) is 4.17. The van der Waals surface area contributed by atoms with E-state index in [2.05, 4.69) is 59.3 Å². The van der Waals surface area contributed by atoms with Gasteiger partial charge in [-0.3, -0.25) is 4.90 Å².